The summed E-state index contributed by atoms with van der Waals surface area (Å²) in [5, 5.41) is 1.36. The fourth-order valence-corrected chi connectivity index (χ4v) is 0.553. The molecule has 0 heterocycles. The maximum absolute atomic E-state index is 11.9. The van der Waals surface area contributed by atoms with Gasteiger partial charge in [0.05, 0.1) is 0 Å². The van der Waals surface area contributed by atoms with Crippen LogP contribution >= 0.6 is 34.8 Å². The van der Waals surface area contributed by atoms with Crippen LogP contribution in [0, 0.1) is 0 Å². The van der Waals surface area contributed by atoms with Crippen molar-refractivity contribution in [3.05, 3.63) is 0 Å². The Bertz CT molecular complexity index is 335. The van der Waals surface area contributed by atoms with Crippen LogP contribution in [0.4, 0.5) is 18.0 Å². The second-order valence-electron chi connectivity index (χ2n) is 2.45. The highest BCUT2D eigenvalue weighted by molar-refractivity contribution is 6.76. The number of halogens is 6. The largest absolute Gasteiger partial charge is 0.429 e. The van der Waals surface area contributed by atoms with Gasteiger partial charge in [0.15, 0.2) is 0 Å². The first-order valence-electron chi connectivity index (χ1n) is 3.49. The summed E-state index contributed by atoms with van der Waals surface area (Å²) in [5.41, 5.74) is -1.43. The van der Waals surface area contributed by atoms with E-state index in [1.165, 1.54) is 5.32 Å². The number of carbonyl (C=O) groups is 2. The number of aliphatic imine (C=N–C) groups is 1. The summed E-state index contributed by atoms with van der Waals surface area (Å²) in [6.45, 7) is 0.555. The molecule has 0 spiro atoms. The van der Waals surface area contributed by atoms with E-state index in [9.17, 15) is 22.8 Å². The quantitative estimate of drug-likeness (QED) is 0.552. The molecule has 1 N–H and O–H groups in total. The summed E-state index contributed by atoms with van der Waals surface area (Å²) >= 11 is 15.2. The Labute approximate surface area is 103 Å². The monoisotopic (exact) mass is 298 g/mol. The van der Waals surface area contributed by atoms with Crippen LogP contribution in [0.1, 0.15) is 6.92 Å². The molecule has 92 valence electrons. The fraction of sp³-hybridized carbons (Fsp3) is 0.500. The van der Waals surface area contributed by atoms with Gasteiger partial charge in [0, 0.05) is 0 Å². The molecular formula is C6H4Cl3F3N2O2. The third-order valence-corrected chi connectivity index (χ3v) is 1.67. The summed E-state index contributed by atoms with van der Waals surface area (Å²) in [5.74, 6) is -1.39. The molecule has 0 atom stereocenters. The minimum absolute atomic E-state index is 0.555. The zero-order valence-corrected chi connectivity index (χ0v) is 9.80. The Morgan fingerprint density at radius 1 is 1.19 bits per heavy atom. The topological polar surface area (TPSA) is 58.5 Å². The molecule has 0 bridgehead atoms. The number of carbonyl (C=O) groups excluding carboxylic acids is 2. The van der Waals surface area contributed by atoms with Crippen LogP contribution in [-0.2, 0) is 4.79 Å². The lowest BCUT2D eigenvalue weighted by Gasteiger charge is -2.09. The molecule has 0 aromatic carbocycles. The van der Waals surface area contributed by atoms with Gasteiger partial charge in [0.25, 0.3) is 9.70 Å². The van der Waals surface area contributed by atoms with Gasteiger partial charge in [-0.2, -0.15) is 18.2 Å². The maximum atomic E-state index is 11.9. The van der Waals surface area contributed by atoms with Crippen molar-refractivity contribution < 1.29 is 22.8 Å². The number of nitrogens with one attached hydrogen (secondary N) is 1. The second-order valence-corrected chi connectivity index (χ2v) is 4.73. The lowest BCUT2D eigenvalue weighted by atomic mass is 10.4. The molecule has 0 saturated heterocycles. The van der Waals surface area contributed by atoms with Gasteiger partial charge in [0.2, 0.25) is 0 Å². The Balaban J connectivity index is 4.59. The molecule has 16 heavy (non-hydrogen) atoms. The third-order valence-electron chi connectivity index (χ3n) is 1.16. The molecule has 0 fully saturated rings. The van der Waals surface area contributed by atoms with Gasteiger partial charge >= 0.3 is 12.2 Å². The Kier molecular flexibility index (Phi) is 5.03. The van der Waals surface area contributed by atoms with Crippen LogP contribution in [0.2, 0.25) is 0 Å². The van der Waals surface area contributed by atoms with Gasteiger partial charge < -0.3 is 0 Å². The van der Waals surface area contributed by atoms with Crippen molar-refractivity contribution in [3.63, 3.8) is 0 Å². The molecule has 0 rings (SSSR count). The molecular weight excluding hydrogens is 295 g/mol. The van der Waals surface area contributed by atoms with Crippen molar-refractivity contribution >= 4 is 52.5 Å². The number of imide groups is 1. The average molecular weight is 299 g/mol. The van der Waals surface area contributed by atoms with Gasteiger partial charge in [0.1, 0.15) is 5.71 Å². The van der Waals surface area contributed by atoms with Crippen LogP contribution < -0.4 is 5.32 Å². The van der Waals surface area contributed by atoms with Crippen molar-refractivity contribution in [3.8, 4) is 0 Å². The van der Waals surface area contributed by atoms with E-state index in [-0.39, 0.29) is 0 Å². The van der Waals surface area contributed by atoms with Crippen molar-refractivity contribution in [1.29, 1.82) is 0 Å². The minimum Gasteiger partial charge on any atom is -0.272 e. The maximum Gasteiger partial charge on any atom is 0.429 e. The van der Waals surface area contributed by atoms with Crippen molar-refractivity contribution in [2.24, 2.45) is 4.99 Å². The summed E-state index contributed by atoms with van der Waals surface area (Å²) in [6, 6.07) is -1.56. The SMILES string of the molecule is C/C(=N\C(=O)NC(=O)C(Cl)(Cl)Cl)C(F)(F)F. The zero-order chi connectivity index (χ0) is 13.1. The second kappa shape index (κ2) is 5.20. The number of hydrogen-bond donors (Lipinski definition) is 1. The van der Waals surface area contributed by atoms with E-state index < -0.39 is 27.6 Å². The van der Waals surface area contributed by atoms with E-state index in [4.69, 9.17) is 34.8 Å². The molecule has 0 aliphatic rings. The van der Waals surface area contributed by atoms with E-state index in [0.717, 1.165) is 0 Å². The van der Waals surface area contributed by atoms with Crippen LogP contribution in [0.15, 0.2) is 4.99 Å². The fourth-order valence-electron chi connectivity index (χ4n) is 0.412. The van der Waals surface area contributed by atoms with Crippen molar-refractivity contribution in [2.75, 3.05) is 0 Å². The van der Waals surface area contributed by atoms with Crippen molar-refractivity contribution in [2.45, 2.75) is 16.9 Å². The number of hydrogen-bond acceptors (Lipinski definition) is 2. The standard InChI is InChI=1S/C6H4Cl3F3N2O2/c1-2(6(10,11)12)13-4(16)14-3(15)5(7,8)9/h1H3,(H,14,15,16)/b13-2+. The van der Waals surface area contributed by atoms with E-state index in [1.807, 2.05) is 0 Å². The van der Waals surface area contributed by atoms with Crippen LogP contribution in [0.3, 0.4) is 0 Å². The lowest BCUT2D eigenvalue weighted by Crippen LogP contribution is -2.38. The zero-order valence-electron chi connectivity index (χ0n) is 7.53. The van der Waals surface area contributed by atoms with Gasteiger partial charge in [-0.25, -0.2) is 4.79 Å². The first-order chi connectivity index (χ1) is 6.94. The highest BCUT2D eigenvalue weighted by Gasteiger charge is 2.34. The highest BCUT2D eigenvalue weighted by Crippen LogP contribution is 2.25. The lowest BCUT2D eigenvalue weighted by molar-refractivity contribution is -0.119. The average Bonchev–Trinajstić information content (AvgIpc) is 1.99. The predicted molar refractivity (Wildman–Crippen MR) is 53.0 cm³/mol. The highest BCUT2D eigenvalue weighted by atomic mass is 35.6. The number of urea groups is 1. The number of alkyl halides is 6. The molecule has 10 heteroatoms. The summed E-state index contributed by atoms with van der Waals surface area (Å²) in [4.78, 5) is 24.1. The van der Waals surface area contributed by atoms with Gasteiger partial charge in [-0.15, -0.1) is 0 Å². The molecule has 4 nitrogen and oxygen atoms in total. The third kappa shape index (κ3) is 5.53. The molecule has 0 aliphatic heterocycles. The first-order valence-corrected chi connectivity index (χ1v) is 4.62. The minimum atomic E-state index is -4.76. The first kappa shape index (κ1) is 15.5. The predicted octanol–water partition coefficient (Wildman–Crippen LogP) is 2.62. The summed E-state index contributed by atoms with van der Waals surface area (Å²) in [6.07, 6.45) is -4.76. The van der Waals surface area contributed by atoms with Gasteiger partial charge in [-0.1, -0.05) is 34.8 Å². The number of amides is 3. The smallest absolute Gasteiger partial charge is 0.272 e. The van der Waals surface area contributed by atoms with Crippen LogP contribution in [-0.4, -0.2) is 27.6 Å². The van der Waals surface area contributed by atoms with Crippen molar-refractivity contribution in [1.82, 2.24) is 5.32 Å². The molecule has 0 aliphatic carbocycles. The normalized spacial score (nSPS) is 13.6. The van der Waals surface area contributed by atoms with E-state index in [0.29, 0.717) is 6.92 Å². The molecule has 0 aromatic rings. The van der Waals surface area contributed by atoms with Crippen LogP contribution in [0.5, 0.6) is 0 Å². The van der Waals surface area contributed by atoms with Crippen LogP contribution in [0.25, 0.3) is 0 Å². The van der Waals surface area contributed by atoms with E-state index in [2.05, 4.69) is 4.99 Å². The summed E-state index contributed by atoms with van der Waals surface area (Å²) < 4.78 is 33.3. The number of rotatable bonds is 0. The van der Waals surface area contributed by atoms with Gasteiger partial charge in [-0.05, 0) is 6.92 Å². The molecule has 0 unspecified atom stereocenters. The summed E-state index contributed by atoms with van der Waals surface area (Å²) in [7, 11) is 0. The number of nitrogens with zero attached hydrogens (tertiary/aromatic N) is 1. The van der Waals surface area contributed by atoms with E-state index >= 15 is 0 Å². The molecule has 0 saturated carbocycles. The molecule has 0 aromatic heterocycles. The Morgan fingerprint density at radius 3 is 1.94 bits per heavy atom. The Morgan fingerprint density at radius 2 is 1.62 bits per heavy atom. The Hall–Kier alpha value is -0.530. The molecule has 0 radical (unpaired) electrons. The van der Waals surface area contributed by atoms with E-state index in [1.54, 1.807) is 0 Å². The van der Waals surface area contributed by atoms with Gasteiger partial charge in [-0.3, -0.25) is 10.1 Å². The molecule has 3 amide bonds.